The number of hydrogen-bond acceptors (Lipinski definition) is 3. The summed E-state index contributed by atoms with van der Waals surface area (Å²) in [6.45, 7) is 2.20. The number of rotatable bonds is 4. The largest absolute Gasteiger partial charge is 0.396 e. The molecule has 0 bridgehead atoms. The molecule has 0 radical (unpaired) electrons. The molecule has 0 atom stereocenters. The highest BCUT2D eigenvalue weighted by Gasteiger charge is 2.09. The van der Waals surface area contributed by atoms with Gasteiger partial charge in [-0.05, 0) is 31.2 Å². The van der Waals surface area contributed by atoms with Crippen LogP contribution < -0.4 is 0 Å². The minimum absolute atomic E-state index is 0.146. The maximum Gasteiger partial charge on any atom is 0.123 e. The number of aliphatic hydroxyl groups excluding tert-OH is 1. The van der Waals surface area contributed by atoms with Crippen LogP contribution in [0.3, 0.4) is 0 Å². The Kier molecular flexibility index (Phi) is 3.67. The second-order valence-electron chi connectivity index (χ2n) is 4.64. The Labute approximate surface area is 122 Å². The molecular weight excluding hydrogens is 268 g/mol. The van der Waals surface area contributed by atoms with Crippen LogP contribution in [0.5, 0.6) is 0 Å². The lowest BCUT2D eigenvalue weighted by Crippen LogP contribution is -1.93. The Morgan fingerprint density at radius 2 is 2.00 bits per heavy atom. The molecule has 3 nitrogen and oxygen atoms in total. The predicted molar refractivity (Wildman–Crippen MR) is 82.4 cm³/mol. The molecule has 20 heavy (non-hydrogen) atoms. The van der Waals surface area contributed by atoms with Crippen molar-refractivity contribution in [2.24, 2.45) is 0 Å². The SMILES string of the molecule is Cc1sc(-c2cccc(-n3cccc3)c2)nc1CCO. The van der Waals surface area contributed by atoms with Crippen molar-refractivity contribution >= 4 is 11.3 Å². The van der Waals surface area contributed by atoms with Gasteiger partial charge in [0.15, 0.2) is 0 Å². The van der Waals surface area contributed by atoms with Crippen molar-refractivity contribution in [2.45, 2.75) is 13.3 Å². The summed E-state index contributed by atoms with van der Waals surface area (Å²) in [6.07, 6.45) is 4.69. The van der Waals surface area contributed by atoms with E-state index in [2.05, 4.69) is 34.7 Å². The Morgan fingerprint density at radius 3 is 2.75 bits per heavy atom. The van der Waals surface area contributed by atoms with E-state index in [1.807, 2.05) is 30.6 Å². The lowest BCUT2D eigenvalue weighted by atomic mass is 10.2. The third-order valence-corrected chi connectivity index (χ3v) is 4.30. The van der Waals surface area contributed by atoms with E-state index < -0.39 is 0 Å². The summed E-state index contributed by atoms with van der Waals surface area (Å²) < 4.78 is 2.08. The molecule has 3 rings (SSSR count). The molecule has 0 saturated carbocycles. The number of nitrogens with zero attached hydrogens (tertiary/aromatic N) is 2. The first-order valence-corrected chi connectivity index (χ1v) is 7.40. The van der Waals surface area contributed by atoms with Crippen LogP contribution in [-0.4, -0.2) is 21.3 Å². The number of hydrogen-bond donors (Lipinski definition) is 1. The summed E-state index contributed by atoms with van der Waals surface area (Å²) >= 11 is 1.68. The zero-order valence-corrected chi connectivity index (χ0v) is 12.1. The predicted octanol–water partition coefficient (Wildman–Crippen LogP) is 3.44. The highest BCUT2D eigenvalue weighted by molar-refractivity contribution is 7.15. The van der Waals surface area contributed by atoms with Crippen LogP contribution in [-0.2, 0) is 6.42 Å². The molecule has 0 unspecified atom stereocenters. The normalized spacial score (nSPS) is 10.9. The third-order valence-electron chi connectivity index (χ3n) is 3.24. The average molecular weight is 284 g/mol. The van der Waals surface area contributed by atoms with Gasteiger partial charge in [0.1, 0.15) is 5.01 Å². The van der Waals surface area contributed by atoms with Gasteiger partial charge < -0.3 is 9.67 Å². The topological polar surface area (TPSA) is 38.0 Å². The lowest BCUT2D eigenvalue weighted by Gasteiger charge is -2.04. The highest BCUT2D eigenvalue weighted by Crippen LogP contribution is 2.29. The quantitative estimate of drug-likeness (QED) is 0.797. The van der Waals surface area contributed by atoms with Crippen LogP contribution in [0.4, 0.5) is 0 Å². The lowest BCUT2D eigenvalue weighted by molar-refractivity contribution is 0.298. The fourth-order valence-corrected chi connectivity index (χ4v) is 3.15. The van der Waals surface area contributed by atoms with Gasteiger partial charge in [-0.25, -0.2) is 4.98 Å². The van der Waals surface area contributed by atoms with Gasteiger partial charge in [0.25, 0.3) is 0 Å². The molecule has 102 valence electrons. The monoisotopic (exact) mass is 284 g/mol. The van der Waals surface area contributed by atoms with Crippen molar-refractivity contribution in [3.05, 3.63) is 59.4 Å². The zero-order valence-electron chi connectivity index (χ0n) is 11.3. The Bertz CT molecular complexity index is 701. The van der Waals surface area contributed by atoms with Gasteiger partial charge in [0.2, 0.25) is 0 Å². The smallest absolute Gasteiger partial charge is 0.123 e. The second-order valence-corrected chi connectivity index (χ2v) is 5.84. The summed E-state index contributed by atoms with van der Waals surface area (Å²) in [7, 11) is 0. The average Bonchev–Trinajstić information content (AvgIpc) is 3.10. The number of aliphatic hydroxyl groups is 1. The van der Waals surface area contributed by atoms with Gasteiger partial charge in [0.05, 0.1) is 5.69 Å². The fourth-order valence-electron chi connectivity index (χ4n) is 2.20. The summed E-state index contributed by atoms with van der Waals surface area (Å²) in [5.41, 5.74) is 3.25. The first-order chi connectivity index (χ1) is 9.78. The van der Waals surface area contributed by atoms with Crippen LogP contribution in [0.15, 0.2) is 48.8 Å². The van der Waals surface area contributed by atoms with E-state index in [1.165, 1.54) is 4.88 Å². The molecule has 2 aromatic heterocycles. The van der Waals surface area contributed by atoms with E-state index in [0.29, 0.717) is 6.42 Å². The van der Waals surface area contributed by atoms with Gasteiger partial charge in [0, 0.05) is 41.5 Å². The third kappa shape index (κ3) is 2.53. The number of aryl methyl sites for hydroxylation is 1. The van der Waals surface area contributed by atoms with Gasteiger partial charge >= 0.3 is 0 Å². The van der Waals surface area contributed by atoms with E-state index in [0.717, 1.165) is 22.0 Å². The van der Waals surface area contributed by atoms with E-state index in [9.17, 15) is 0 Å². The molecule has 0 spiro atoms. The number of aromatic nitrogens is 2. The molecule has 1 aromatic carbocycles. The number of thiazole rings is 1. The van der Waals surface area contributed by atoms with Crippen LogP contribution in [0, 0.1) is 6.92 Å². The first kappa shape index (κ1) is 13.1. The van der Waals surface area contributed by atoms with Gasteiger partial charge in [-0.2, -0.15) is 0 Å². The Morgan fingerprint density at radius 1 is 1.20 bits per heavy atom. The van der Waals surface area contributed by atoms with Gasteiger partial charge in [-0.1, -0.05) is 12.1 Å². The van der Waals surface area contributed by atoms with Crippen molar-refractivity contribution in [3.8, 4) is 16.3 Å². The molecule has 4 heteroatoms. The molecule has 3 aromatic rings. The second kappa shape index (κ2) is 5.61. The van der Waals surface area contributed by atoms with Crippen molar-refractivity contribution in [1.82, 2.24) is 9.55 Å². The van der Waals surface area contributed by atoms with Crippen LogP contribution in [0.25, 0.3) is 16.3 Å². The van der Waals surface area contributed by atoms with Crippen molar-refractivity contribution in [1.29, 1.82) is 0 Å². The summed E-state index contributed by atoms with van der Waals surface area (Å²) in [5, 5.41) is 10.1. The highest BCUT2D eigenvalue weighted by atomic mass is 32.1. The zero-order chi connectivity index (χ0) is 13.9. The molecule has 0 aliphatic carbocycles. The standard InChI is InChI=1S/C16H16N2OS/c1-12-15(7-10-19)17-16(20-12)13-5-4-6-14(11-13)18-8-2-3-9-18/h2-6,8-9,11,19H,7,10H2,1H3. The van der Waals surface area contributed by atoms with E-state index in [-0.39, 0.29) is 6.61 Å². The van der Waals surface area contributed by atoms with Gasteiger partial charge in [-0.15, -0.1) is 11.3 Å². The molecule has 0 amide bonds. The maximum absolute atomic E-state index is 9.05. The van der Waals surface area contributed by atoms with E-state index >= 15 is 0 Å². The maximum atomic E-state index is 9.05. The van der Waals surface area contributed by atoms with Crippen LogP contribution >= 0.6 is 11.3 Å². The molecule has 0 aliphatic rings. The fraction of sp³-hybridized carbons (Fsp3) is 0.188. The van der Waals surface area contributed by atoms with Crippen molar-refractivity contribution in [2.75, 3.05) is 6.61 Å². The Balaban J connectivity index is 1.98. The van der Waals surface area contributed by atoms with E-state index in [4.69, 9.17) is 5.11 Å². The molecule has 1 N–H and O–H groups in total. The molecule has 2 heterocycles. The van der Waals surface area contributed by atoms with Crippen LogP contribution in [0.2, 0.25) is 0 Å². The molecule has 0 aliphatic heterocycles. The molecule has 0 fully saturated rings. The first-order valence-electron chi connectivity index (χ1n) is 6.59. The van der Waals surface area contributed by atoms with Crippen LogP contribution in [0.1, 0.15) is 10.6 Å². The molecular formula is C16H16N2OS. The van der Waals surface area contributed by atoms with Crippen molar-refractivity contribution < 1.29 is 5.11 Å². The Hall–Kier alpha value is -1.91. The van der Waals surface area contributed by atoms with Crippen molar-refractivity contribution in [3.63, 3.8) is 0 Å². The minimum Gasteiger partial charge on any atom is -0.396 e. The van der Waals surface area contributed by atoms with Gasteiger partial charge in [-0.3, -0.25) is 0 Å². The minimum atomic E-state index is 0.146. The summed E-state index contributed by atoms with van der Waals surface area (Å²) in [4.78, 5) is 5.82. The van der Waals surface area contributed by atoms with E-state index in [1.54, 1.807) is 11.3 Å². The summed E-state index contributed by atoms with van der Waals surface area (Å²) in [6, 6.07) is 12.4. The summed E-state index contributed by atoms with van der Waals surface area (Å²) in [5.74, 6) is 0. The molecule has 0 saturated heterocycles. The number of benzene rings is 1.